The normalized spacial score (nSPS) is 14.1. The number of nitrogens with zero attached hydrogens (tertiary/aromatic N) is 2. The van der Waals surface area contributed by atoms with Gasteiger partial charge in [-0.3, -0.25) is 9.69 Å². The molecule has 1 aliphatic rings. The SMILES string of the molecule is CCCCCCN(C(N)=O)c1ccc(C(=O)N2CCC(Nc3ccc(CCN)cc3)CC2)cc1. The van der Waals surface area contributed by atoms with E-state index in [0.29, 0.717) is 37.8 Å². The number of primary amides is 1. The maximum absolute atomic E-state index is 13.0. The van der Waals surface area contributed by atoms with Crippen LogP contribution in [-0.4, -0.2) is 49.1 Å². The van der Waals surface area contributed by atoms with E-state index in [1.54, 1.807) is 17.0 Å². The highest BCUT2D eigenvalue weighted by molar-refractivity contribution is 5.96. The Morgan fingerprint density at radius 1 is 1.00 bits per heavy atom. The van der Waals surface area contributed by atoms with Crippen molar-refractivity contribution in [3.05, 3.63) is 59.7 Å². The Bertz CT molecular complexity index is 906. The molecule has 1 aliphatic heterocycles. The lowest BCUT2D eigenvalue weighted by Gasteiger charge is -2.33. The summed E-state index contributed by atoms with van der Waals surface area (Å²) < 4.78 is 0. The Morgan fingerprint density at radius 3 is 2.26 bits per heavy atom. The molecule has 0 unspecified atom stereocenters. The fourth-order valence-corrected chi connectivity index (χ4v) is 4.43. The molecule has 1 saturated heterocycles. The molecule has 0 aromatic heterocycles. The van der Waals surface area contributed by atoms with Crippen molar-refractivity contribution in [3.63, 3.8) is 0 Å². The monoisotopic (exact) mass is 465 g/mol. The van der Waals surface area contributed by atoms with Crippen molar-refractivity contribution >= 4 is 23.3 Å². The number of benzene rings is 2. The molecular weight excluding hydrogens is 426 g/mol. The average Bonchev–Trinajstić information content (AvgIpc) is 2.85. The summed E-state index contributed by atoms with van der Waals surface area (Å²) in [7, 11) is 0. The lowest BCUT2D eigenvalue weighted by Crippen LogP contribution is -2.42. The molecule has 1 fully saturated rings. The number of hydrogen-bond donors (Lipinski definition) is 3. The van der Waals surface area contributed by atoms with E-state index in [9.17, 15) is 9.59 Å². The highest BCUT2D eigenvalue weighted by atomic mass is 16.2. The molecule has 0 aliphatic carbocycles. The van der Waals surface area contributed by atoms with Gasteiger partial charge in [0.2, 0.25) is 0 Å². The van der Waals surface area contributed by atoms with E-state index in [4.69, 9.17) is 11.5 Å². The van der Waals surface area contributed by atoms with Crippen molar-refractivity contribution in [2.24, 2.45) is 11.5 Å². The quantitative estimate of drug-likeness (QED) is 0.429. The van der Waals surface area contributed by atoms with Crippen molar-refractivity contribution in [2.45, 2.75) is 57.9 Å². The number of urea groups is 1. The second-order valence-corrected chi connectivity index (χ2v) is 9.04. The van der Waals surface area contributed by atoms with Gasteiger partial charge < -0.3 is 21.7 Å². The molecule has 7 nitrogen and oxygen atoms in total. The largest absolute Gasteiger partial charge is 0.382 e. The number of carbonyl (C=O) groups excluding carboxylic acids is 2. The van der Waals surface area contributed by atoms with Gasteiger partial charge in [-0.25, -0.2) is 4.79 Å². The topological polar surface area (TPSA) is 105 Å². The zero-order chi connectivity index (χ0) is 24.3. The van der Waals surface area contributed by atoms with Gasteiger partial charge in [-0.05, 0) is 74.2 Å². The van der Waals surface area contributed by atoms with Crippen LogP contribution in [0.3, 0.4) is 0 Å². The predicted octanol–water partition coefficient (Wildman–Crippen LogP) is 4.37. The van der Waals surface area contributed by atoms with Crippen LogP contribution in [0.5, 0.6) is 0 Å². The van der Waals surface area contributed by atoms with Crippen LogP contribution in [0.25, 0.3) is 0 Å². The van der Waals surface area contributed by atoms with Crippen LogP contribution in [0.1, 0.15) is 61.4 Å². The van der Waals surface area contributed by atoms with Crippen LogP contribution < -0.4 is 21.7 Å². The van der Waals surface area contributed by atoms with E-state index in [2.05, 4.69) is 36.5 Å². The number of carbonyl (C=O) groups is 2. The van der Waals surface area contributed by atoms with Crippen LogP contribution in [0.4, 0.5) is 16.2 Å². The highest BCUT2D eigenvalue weighted by Crippen LogP contribution is 2.21. The molecule has 3 amide bonds. The number of piperidine rings is 1. The lowest BCUT2D eigenvalue weighted by molar-refractivity contribution is 0.0718. The Morgan fingerprint density at radius 2 is 1.68 bits per heavy atom. The summed E-state index contributed by atoms with van der Waals surface area (Å²) in [5, 5.41) is 3.59. The lowest BCUT2D eigenvalue weighted by atomic mass is 10.0. The van der Waals surface area contributed by atoms with Crippen molar-refractivity contribution in [1.82, 2.24) is 4.90 Å². The van der Waals surface area contributed by atoms with E-state index >= 15 is 0 Å². The van der Waals surface area contributed by atoms with Gasteiger partial charge in [-0.2, -0.15) is 0 Å². The van der Waals surface area contributed by atoms with Gasteiger partial charge in [0.05, 0.1) is 0 Å². The number of unbranched alkanes of at least 4 members (excludes halogenated alkanes) is 3. The molecule has 1 heterocycles. The van der Waals surface area contributed by atoms with E-state index in [1.807, 2.05) is 17.0 Å². The number of hydrogen-bond acceptors (Lipinski definition) is 4. The van der Waals surface area contributed by atoms with Crippen molar-refractivity contribution < 1.29 is 9.59 Å². The minimum atomic E-state index is -0.459. The third kappa shape index (κ3) is 7.22. The number of likely N-dealkylation sites (tertiary alicyclic amines) is 1. The minimum Gasteiger partial charge on any atom is -0.382 e. The summed E-state index contributed by atoms with van der Waals surface area (Å²) >= 11 is 0. The van der Waals surface area contributed by atoms with E-state index in [-0.39, 0.29) is 5.91 Å². The first-order chi connectivity index (χ1) is 16.5. The molecular formula is C27H39N5O2. The van der Waals surface area contributed by atoms with Crippen LogP contribution in [0.15, 0.2) is 48.5 Å². The summed E-state index contributed by atoms with van der Waals surface area (Å²) in [6.45, 7) is 4.84. The van der Waals surface area contributed by atoms with Gasteiger partial charge in [0, 0.05) is 42.6 Å². The Kier molecular flexibility index (Phi) is 9.76. The molecule has 0 bridgehead atoms. The third-order valence-corrected chi connectivity index (χ3v) is 6.47. The Balaban J connectivity index is 1.50. The van der Waals surface area contributed by atoms with E-state index in [1.165, 1.54) is 5.56 Å². The van der Waals surface area contributed by atoms with Crippen molar-refractivity contribution in [2.75, 3.05) is 36.4 Å². The average molecular weight is 466 g/mol. The minimum absolute atomic E-state index is 0.0321. The zero-order valence-electron chi connectivity index (χ0n) is 20.3. The second kappa shape index (κ2) is 13.0. The molecule has 0 atom stereocenters. The Labute approximate surface area is 203 Å². The van der Waals surface area contributed by atoms with Crippen LogP contribution in [-0.2, 0) is 6.42 Å². The fraction of sp³-hybridized carbons (Fsp3) is 0.481. The molecule has 0 radical (unpaired) electrons. The highest BCUT2D eigenvalue weighted by Gasteiger charge is 2.24. The van der Waals surface area contributed by atoms with Crippen LogP contribution >= 0.6 is 0 Å². The first kappa shape index (κ1) is 25.6. The van der Waals surface area contributed by atoms with Gasteiger partial charge in [0.1, 0.15) is 0 Å². The third-order valence-electron chi connectivity index (χ3n) is 6.47. The van der Waals surface area contributed by atoms with Gasteiger partial charge in [0.15, 0.2) is 0 Å². The van der Waals surface area contributed by atoms with E-state index < -0.39 is 6.03 Å². The summed E-state index contributed by atoms with van der Waals surface area (Å²) in [5.74, 6) is 0.0321. The van der Waals surface area contributed by atoms with Crippen LogP contribution in [0.2, 0.25) is 0 Å². The van der Waals surface area contributed by atoms with Gasteiger partial charge in [-0.1, -0.05) is 38.3 Å². The summed E-state index contributed by atoms with van der Waals surface area (Å²) in [5.41, 5.74) is 14.9. The molecule has 7 heteroatoms. The molecule has 184 valence electrons. The summed E-state index contributed by atoms with van der Waals surface area (Å²) in [4.78, 5) is 28.4. The number of amides is 3. The Hall–Kier alpha value is -3.06. The van der Waals surface area contributed by atoms with Crippen molar-refractivity contribution in [1.29, 1.82) is 0 Å². The molecule has 0 saturated carbocycles. The smallest absolute Gasteiger partial charge is 0.319 e. The molecule has 2 aromatic carbocycles. The summed E-state index contributed by atoms with van der Waals surface area (Å²) in [6, 6.07) is 15.6. The molecule has 34 heavy (non-hydrogen) atoms. The van der Waals surface area contributed by atoms with Gasteiger partial charge in [-0.15, -0.1) is 0 Å². The second-order valence-electron chi connectivity index (χ2n) is 9.04. The molecule has 2 aromatic rings. The standard InChI is InChI=1S/C27H39N5O2/c1-2-3-4-5-18-32(27(29)34)25-12-8-22(9-13-25)26(33)31-19-15-24(16-20-31)30-23-10-6-21(7-11-23)14-17-28/h6-13,24,30H,2-5,14-20,28H2,1H3,(H2,29,34). The summed E-state index contributed by atoms with van der Waals surface area (Å²) in [6.07, 6.45) is 6.97. The number of nitrogens with one attached hydrogen (secondary N) is 1. The van der Waals surface area contributed by atoms with Gasteiger partial charge >= 0.3 is 6.03 Å². The maximum atomic E-state index is 13.0. The number of nitrogens with two attached hydrogens (primary N) is 2. The van der Waals surface area contributed by atoms with Crippen molar-refractivity contribution in [3.8, 4) is 0 Å². The first-order valence-corrected chi connectivity index (χ1v) is 12.5. The fourth-order valence-electron chi connectivity index (χ4n) is 4.43. The first-order valence-electron chi connectivity index (χ1n) is 12.5. The maximum Gasteiger partial charge on any atom is 0.319 e. The predicted molar refractivity (Wildman–Crippen MR) is 139 cm³/mol. The van der Waals surface area contributed by atoms with Crippen LogP contribution in [0, 0.1) is 0 Å². The molecule has 5 N–H and O–H groups in total. The molecule has 3 rings (SSSR count). The number of anilines is 2. The van der Waals surface area contributed by atoms with Gasteiger partial charge in [0.25, 0.3) is 5.91 Å². The number of rotatable bonds is 11. The molecule has 0 spiro atoms. The van der Waals surface area contributed by atoms with E-state index in [0.717, 1.165) is 56.3 Å². The zero-order valence-corrected chi connectivity index (χ0v) is 20.3.